The minimum absolute atomic E-state index is 0.127. The third kappa shape index (κ3) is 3.12. The quantitative estimate of drug-likeness (QED) is 0.141. The zero-order valence-corrected chi connectivity index (χ0v) is 4.37. The molecular formula is C2H6N4O3. The summed E-state index contributed by atoms with van der Waals surface area (Å²) in [6.45, 7) is 0. The van der Waals surface area contributed by atoms with E-state index in [-0.39, 0.29) is 5.17 Å². The first-order valence-electron chi connectivity index (χ1n) is 1.83. The molecule has 6 N–H and O–H groups in total. The van der Waals surface area contributed by atoms with E-state index in [1.165, 1.54) is 0 Å². The first-order valence-corrected chi connectivity index (χ1v) is 1.83. The predicted molar refractivity (Wildman–Crippen MR) is 27.1 cm³/mol. The first kappa shape index (κ1) is 7.50. The van der Waals surface area contributed by atoms with E-state index in [2.05, 4.69) is 10.6 Å². The molecule has 9 heavy (non-hydrogen) atoms. The van der Waals surface area contributed by atoms with E-state index in [1.807, 2.05) is 0 Å². The van der Waals surface area contributed by atoms with Gasteiger partial charge in [0.2, 0.25) is 5.96 Å². The van der Waals surface area contributed by atoms with Crippen molar-refractivity contribution in [2.45, 2.75) is 0 Å². The van der Waals surface area contributed by atoms with Crippen LogP contribution in [0.4, 0.5) is 4.79 Å². The van der Waals surface area contributed by atoms with Crippen molar-refractivity contribution in [3.05, 3.63) is 0 Å². The topological polar surface area (TPSA) is 126 Å². The molecule has 0 saturated heterocycles. The summed E-state index contributed by atoms with van der Waals surface area (Å²) in [5.41, 5.74) is 4.68. The molecule has 0 fully saturated rings. The van der Waals surface area contributed by atoms with Gasteiger partial charge in [-0.1, -0.05) is 5.17 Å². The number of nitrogens with one attached hydrogen (secondary N) is 1. The Morgan fingerprint density at radius 1 is 1.78 bits per heavy atom. The average Bonchev–Trinajstić information content (AvgIpc) is 1.63. The normalized spacial score (nSPS) is 8.11. The van der Waals surface area contributed by atoms with Crippen molar-refractivity contribution in [2.75, 3.05) is 0 Å². The number of carboxylic acid groups (broad SMARTS) is 1. The minimum Gasteiger partial charge on any atom is -0.448 e. The lowest BCUT2D eigenvalue weighted by Gasteiger charge is -2.10. The highest BCUT2D eigenvalue weighted by atomic mass is 16.8. The third-order valence-corrected chi connectivity index (χ3v) is 0.414. The van der Waals surface area contributed by atoms with Crippen molar-refractivity contribution >= 4 is 12.1 Å². The summed E-state index contributed by atoms with van der Waals surface area (Å²) in [6.07, 6.45) is -1.62. The van der Waals surface area contributed by atoms with Gasteiger partial charge in [0, 0.05) is 0 Å². The first-order chi connectivity index (χ1) is 4.04. The minimum atomic E-state index is -1.62. The van der Waals surface area contributed by atoms with E-state index >= 15 is 0 Å². The fourth-order valence-corrected chi connectivity index (χ4v) is 0.133. The molecule has 7 heteroatoms. The molecule has 0 spiro atoms. The Morgan fingerprint density at radius 3 is 2.33 bits per heavy atom. The second-order valence-electron chi connectivity index (χ2n) is 1.07. The smallest absolute Gasteiger partial charge is 0.448 e. The number of rotatable bonds is 0. The maximum Gasteiger partial charge on any atom is 0.532 e. The van der Waals surface area contributed by atoms with Crippen LogP contribution < -0.4 is 11.6 Å². The van der Waals surface area contributed by atoms with Crippen LogP contribution in [0, 0.1) is 5.41 Å². The molecule has 0 unspecified atom stereocenters. The Morgan fingerprint density at radius 2 is 2.22 bits per heavy atom. The van der Waals surface area contributed by atoms with Gasteiger partial charge in [-0.15, -0.1) is 0 Å². The van der Waals surface area contributed by atoms with Crippen molar-refractivity contribution < 1.29 is 14.7 Å². The molecule has 0 radical (unpaired) electrons. The van der Waals surface area contributed by atoms with E-state index < -0.39 is 12.1 Å². The highest BCUT2D eigenvalue weighted by Crippen LogP contribution is 1.77. The lowest BCUT2D eigenvalue weighted by molar-refractivity contribution is -0.0657. The zero-order valence-electron chi connectivity index (χ0n) is 4.37. The van der Waals surface area contributed by atoms with Crippen molar-refractivity contribution in [2.24, 2.45) is 11.6 Å². The molecule has 0 heterocycles. The number of nitrogens with two attached hydrogens (primary N) is 2. The SMILES string of the molecule is N=C(N)N(N)OC(=O)O. The maximum absolute atomic E-state index is 9.62. The zero-order chi connectivity index (χ0) is 7.44. The van der Waals surface area contributed by atoms with E-state index in [9.17, 15) is 4.79 Å². The number of hydroxylamine groups is 1. The molecule has 0 aliphatic carbocycles. The largest absolute Gasteiger partial charge is 0.532 e. The van der Waals surface area contributed by atoms with Gasteiger partial charge < -0.3 is 10.8 Å². The molecule has 0 saturated carbocycles. The summed E-state index contributed by atoms with van der Waals surface area (Å²) in [6, 6.07) is 0. The van der Waals surface area contributed by atoms with Gasteiger partial charge >= 0.3 is 6.16 Å². The van der Waals surface area contributed by atoms with Crippen LogP contribution in [-0.4, -0.2) is 22.4 Å². The molecular weight excluding hydrogens is 128 g/mol. The molecule has 0 aromatic carbocycles. The Labute approximate surface area is 50.2 Å². The van der Waals surface area contributed by atoms with Crippen LogP contribution in [0.3, 0.4) is 0 Å². The van der Waals surface area contributed by atoms with E-state index in [0.717, 1.165) is 0 Å². The molecule has 52 valence electrons. The van der Waals surface area contributed by atoms with Crippen LogP contribution in [0.5, 0.6) is 0 Å². The molecule has 0 aromatic heterocycles. The number of guanidine groups is 1. The molecule has 0 amide bonds. The highest BCUT2D eigenvalue weighted by molar-refractivity contribution is 5.74. The summed E-state index contributed by atoms with van der Waals surface area (Å²) in [7, 11) is 0. The van der Waals surface area contributed by atoms with Crippen LogP contribution in [0.1, 0.15) is 0 Å². The van der Waals surface area contributed by atoms with Crippen molar-refractivity contribution in [3.8, 4) is 0 Å². The van der Waals surface area contributed by atoms with Crippen LogP contribution in [-0.2, 0) is 4.84 Å². The van der Waals surface area contributed by atoms with E-state index in [4.69, 9.17) is 16.4 Å². The second-order valence-corrected chi connectivity index (χ2v) is 1.07. The fraction of sp³-hybridized carbons (Fsp3) is 0. The standard InChI is InChI=1S/C2H6N4O3/c3-1(4)6(5)9-2(7)8/h5H2,(H3,3,4)(H,7,8). The number of nitrogens with zero attached hydrogens (tertiary/aromatic N) is 1. The summed E-state index contributed by atoms with van der Waals surface area (Å²) >= 11 is 0. The maximum atomic E-state index is 9.62. The summed E-state index contributed by atoms with van der Waals surface area (Å²) < 4.78 is 0. The molecule has 0 aliphatic rings. The molecule has 7 nitrogen and oxygen atoms in total. The highest BCUT2D eigenvalue weighted by Gasteiger charge is 2.04. The number of carbonyl (C=O) groups is 1. The van der Waals surface area contributed by atoms with Gasteiger partial charge in [-0.25, -0.2) is 10.6 Å². The predicted octanol–water partition coefficient (Wildman–Crippen LogP) is -1.33. The molecule has 0 aliphatic heterocycles. The number of hydrazine groups is 1. The van der Waals surface area contributed by atoms with Gasteiger partial charge in [-0.05, 0) is 0 Å². The number of hydrogen-bond donors (Lipinski definition) is 4. The van der Waals surface area contributed by atoms with Crippen molar-refractivity contribution in [1.82, 2.24) is 5.17 Å². The lowest BCUT2D eigenvalue weighted by Crippen LogP contribution is -2.43. The fourth-order valence-electron chi connectivity index (χ4n) is 0.133. The monoisotopic (exact) mass is 134 g/mol. The van der Waals surface area contributed by atoms with Gasteiger partial charge in [0.05, 0.1) is 0 Å². The Bertz CT molecular complexity index is 134. The Balaban J connectivity index is 3.63. The number of hydrogen-bond acceptors (Lipinski definition) is 4. The van der Waals surface area contributed by atoms with Crippen LogP contribution in [0.25, 0.3) is 0 Å². The second kappa shape index (κ2) is 2.72. The van der Waals surface area contributed by atoms with Crippen molar-refractivity contribution in [1.29, 1.82) is 5.41 Å². The van der Waals surface area contributed by atoms with Gasteiger partial charge in [-0.3, -0.25) is 10.2 Å². The van der Waals surface area contributed by atoms with E-state index in [1.54, 1.807) is 0 Å². The molecule has 0 atom stereocenters. The van der Waals surface area contributed by atoms with Gasteiger partial charge in [0.1, 0.15) is 0 Å². The molecule has 0 aromatic rings. The Hall–Kier alpha value is -1.50. The van der Waals surface area contributed by atoms with E-state index in [0.29, 0.717) is 0 Å². The van der Waals surface area contributed by atoms with Crippen LogP contribution in [0.15, 0.2) is 0 Å². The Kier molecular flexibility index (Phi) is 2.27. The van der Waals surface area contributed by atoms with Crippen molar-refractivity contribution in [3.63, 3.8) is 0 Å². The summed E-state index contributed by atoms with van der Waals surface area (Å²) in [4.78, 5) is 13.3. The molecule has 0 rings (SSSR count). The van der Waals surface area contributed by atoms with Gasteiger partial charge in [-0.2, -0.15) is 0 Å². The summed E-state index contributed by atoms with van der Waals surface area (Å²) in [5, 5.41) is 14.4. The lowest BCUT2D eigenvalue weighted by atomic mass is 11.1. The van der Waals surface area contributed by atoms with Gasteiger partial charge in [0.15, 0.2) is 0 Å². The van der Waals surface area contributed by atoms with Crippen LogP contribution >= 0.6 is 0 Å². The molecule has 0 bridgehead atoms. The van der Waals surface area contributed by atoms with Crippen LogP contribution in [0.2, 0.25) is 0 Å². The average molecular weight is 134 g/mol. The van der Waals surface area contributed by atoms with Gasteiger partial charge in [0.25, 0.3) is 0 Å². The third-order valence-electron chi connectivity index (χ3n) is 0.414. The summed E-state index contributed by atoms with van der Waals surface area (Å²) in [5.74, 6) is 4.02.